The Morgan fingerprint density at radius 1 is 1.28 bits per heavy atom. The van der Waals surface area contributed by atoms with Crippen molar-refractivity contribution >= 4 is 11.7 Å². The fraction of sp³-hybridized carbons (Fsp3) is 0.238. The first-order valence-electron chi connectivity index (χ1n) is 9.22. The Hall–Kier alpha value is -3.68. The summed E-state index contributed by atoms with van der Waals surface area (Å²) in [4.78, 5) is 12.6. The van der Waals surface area contributed by atoms with E-state index in [-0.39, 0.29) is 11.8 Å². The van der Waals surface area contributed by atoms with E-state index in [0.717, 1.165) is 22.6 Å². The lowest BCUT2D eigenvalue weighted by Gasteiger charge is -2.25. The predicted molar refractivity (Wildman–Crippen MR) is 108 cm³/mol. The summed E-state index contributed by atoms with van der Waals surface area (Å²) in [7, 11) is 1.53. The molecule has 1 aliphatic heterocycles. The van der Waals surface area contributed by atoms with Gasteiger partial charge in [0.1, 0.15) is 18.2 Å². The van der Waals surface area contributed by atoms with E-state index in [1.165, 1.54) is 7.11 Å². The number of methoxy groups -OCH3 is 1. The highest BCUT2D eigenvalue weighted by Crippen LogP contribution is 2.42. The van der Waals surface area contributed by atoms with E-state index < -0.39 is 0 Å². The second-order valence-corrected chi connectivity index (χ2v) is 6.64. The molecule has 1 amide bonds. The fourth-order valence-electron chi connectivity index (χ4n) is 3.56. The molecule has 8 nitrogen and oxygen atoms in total. The quantitative estimate of drug-likeness (QED) is 0.650. The topological polar surface area (TPSA) is 91.2 Å². The summed E-state index contributed by atoms with van der Waals surface area (Å²) < 4.78 is 12.5. The van der Waals surface area contributed by atoms with Crippen LogP contribution < -0.4 is 14.8 Å². The van der Waals surface area contributed by atoms with Gasteiger partial charge in [-0.25, -0.2) is 0 Å². The average Bonchev–Trinajstić information content (AvgIpc) is 3.08. The maximum absolute atomic E-state index is 12.6. The van der Waals surface area contributed by atoms with Crippen molar-refractivity contribution in [1.82, 2.24) is 20.0 Å². The molecule has 148 valence electrons. The summed E-state index contributed by atoms with van der Waals surface area (Å²) in [5, 5.41) is 15.7. The molecule has 2 aromatic heterocycles. The van der Waals surface area contributed by atoms with Crippen molar-refractivity contribution in [3.63, 3.8) is 0 Å². The molecule has 0 bridgehead atoms. The van der Waals surface area contributed by atoms with Crippen molar-refractivity contribution in [2.24, 2.45) is 0 Å². The van der Waals surface area contributed by atoms with Crippen LogP contribution in [-0.4, -0.2) is 39.6 Å². The van der Waals surface area contributed by atoms with Crippen LogP contribution in [0.2, 0.25) is 0 Å². The Kier molecular flexibility index (Phi) is 4.99. The lowest BCUT2D eigenvalue weighted by Crippen LogP contribution is -2.25. The smallest absolute Gasteiger partial charge is 0.233 e. The number of nitrogens with zero attached hydrogens (tertiary/aromatic N) is 4. The van der Waals surface area contributed by atoms with Gasteiger partial charge in [-0.3, -0.25) is 4.79 Å². The molecule has 3 aromatic rings. The molecular formula is C21H21N5O3. The molecule has 0 fully saturated rings. The third-order valence-electron chi connectivity index (χ3n) is 4.81. The zero-order chi connectivity index (χ0) is 20.4. The molecule has 0 radical (unpaired) electrons. The molecule has 1 N–H and O–H groups in total. The fourth-order valence-corrected chi connectivity index (χ4v) is 3.56. The largest absolute Gasteiger partial charge is 0.489 e. The molecule has 4 rings (SSSR count). The van der Waals surface area contributed by atoms with E-state index in [4.69, 9.17) is 9.47 Å². The van der Waals surface area contributed by atoms with Crippen LogP contribution in [0.4, 0.5) is 5.82 Å². The summed E-state index contributed by atoms with van der Waals surface area (Å²) in [6.45, 7) is 6.02. The van der Waals surface area contributed by atoms with Crippen LogP contribution in [0.1, 0.15) is 29.2 Å². The minimum atomic E-state index is -0.181. The number of ether oxygens (including phenoxy) is 2. The maximum Gasteiger partial charge on any atom is 0.233 e. The lowest BCUT2D eigenvalue weighted by molar-refractivity contribution is -0.116. The molecule has 0 spiro atoms. The van der Waals surface area contributed by atoms with Crippen molar-refractivity contribution in [1.29, 1.82) is 0 Å². The molecule has 8 heteroatoms. The number of fused-ring (bicyclic) bond motifs is 1. The van der Waals surface area contributed by atoms with E-state index in [1.54, 1.807) is 22.9 Å². The third kappa shape index (κ3) is 3.44. The SMILES string of the molecule is C=CCOc1ccccc1[C@@H]1CC(=O)Nc2c1c(C)nn2-c1ccc(OC)nn1. The van der Waals surface area contributed by atoms with Crippen molar-refractivity contribution in [3.8, 4) is 17.4 Å². The number of aromatic nitrogens is 4. The van der Waals surface area contributed by atoms with E-state index in [0.29, 0.717) is 30.5 Å². The number of carbonyl (C=O) groups is 1. The number of aryl methyl sites for hydroxylation is 1. The Bertz CT molecular complexity index is 1060. The predicted octanol–water partition coefficient (Wildman–Crippen LogP) is 3.02. The van der Waals surface area contributed by atoms with E-state index in [2.05, 4.69) is 27.2 Å². The van der Waals surface area contributed by atoms with Crippen LogP contribution in [0.15, 0.2) is 49.1 Å². The molecule has 3 heterocycles. The highest BCUT2D eigenvalue weighted by molar-refractivity contribution is 5.95. The maximum atomic E-state index is 12.6. The van der Waals surface area contributed by atoms with E-state index >= 15 is 0 Å². The summed E-state index contributed by atoms with van der Waals surface area (Å²) in [5.41, 5.74) is 2.69. The number of hydrogen-bond acceptors (Lipinski definition) is 6. The number of benzene rings is 1. The first kappa shape index (κ1) is 18.7. The summed E-state index contributed by atoms with van der Waals surface area (Å²) in [6, 6.07) is 11.2. The number of para-hydroxylation sites is 1. The summed E-state index contributed by atoms with van der Waals surface area (Å²) in [5.74, 6) is 1.95. The lowest BCUT2D eigenvalue weighted by atomic mass is 9.85. The molecule has 29 heavy (non-hydrogen) atoms. The van der Waals surface area contributed by atoms with Crippen molar-refractivity contribution in [2.75, 3.05) is 19.0 Å². The van der Waals surface area contributed by atoms with Crippen LogP contribution >= 0.6 is 0 Å². The zero-order valence-electron chi connectivity index (χ0n) is 16.3. The van der Waals surface area contributed by atoms with Crippen LogP contribution in [0.5, 0.6) is 11.6 Å². The van der Waals surface area contributed by atoms with E-state index in [1.807, 2.05) is 31.2 Å². The van der Waals surface area contributed by atoms with Gasteiger partial charge in [-0.2, -0.15) is 9.78 Å². The second kappa shape index (κ2) is 7.75. The molecule has 1 aromatic carbocycles. The Morgan fingerprint density at radius 3 is 2.83 bits per heavy atom. The number of anilines is 1. The number of carbonyl (C=O) groups excluding carboxylic acids is 1. The summed E-state index contributed by atoms with van der Waals surface area (Å²) in [6.07, 6.45) is 2.00. The van der Waals surface area contributed by atoms with Crippen LogP contribution in [0, 0.1) is 6.92 Å². The molecule has 0 aliphatic carbocycles. The van der Waals surface area contributed by atoms with Gasteiger partial charge in [0, 0.05) is 29.5 Å². The molecule has 1 aliphatic rings. The average molecular weight is 391 g/mol. The zero-order valence-corrected chi connectivity index (χ0v) is 16.3. The van der Waals surface area contributed by atoms with Crippen molar-refractivity contribution in [2.45, 2.75) is 19.3 Å². The highest BCUT2D eigenvalue weighted by atomic mass is 16.5. The first-order valence-corrected chi connectivity index (χ1v) is 9.22. The van der Waals surface area contributed by atoms with Crippen molar-refractivity contribution < 1.29 is 14.3 Å². The number of rotatable bonds is 6. The van der Waals surface area contributed by atoms with Crippen molar-refractivity contribution in [3.05, 3.63) is 65.9 Å². The van der Waals surface area contributed by atoms with Gasteiger partial charge in [-0.15, -0.1) is 10.2 Å². The van der Waals surface area contributed by atoms with Gasteiger partial charge in [0.2, 0.25) is 11.8 Å². The van der Waals surface area contributed by atoms with Gasteiger partial charge in [0.15, 0.2) is 5.82 Å². The van der Waals surface area contributed by atoms with E-state index in [9.17, 15) is 4.79 Å². The van der Waals surface area contributed by atoms with Gasteiger partial charge in [-0.1, -0.05) is 30.9 Å². The number of amides is 1. The molecule has 1 atom stereocenters. The van der Waals surface area contributed by atoms with Gasteiger partial charge >= 0.3 is 0 Å². The monoisotopic (exact) mass is 391 g/mol. The molecule has 0 unspecified atom stereocenters. The minimum Gasteiger partial charge on any atom is -0.489 e. The third-order valence-corrected chi connectivity index (χ3v) is 4.81. The summed E-state index contributed by atoms with van der Waals surface area (Å²) >= 11 is 0. The van der Waals surface area contributed by atoms with Gasteiger partial charge in [-0.05, 0) is 19.1 Å². The minimum absolute atomic E-state index is 0.0938. The van der Waals surface area contributed by atoms with Gasteiger partial charge < -0.3 is 14.8 Å². The first-order chi connectivity index (χ1) is 14.1. The standard InChI is InChI=1S/C21H21N5O3/c1-4-11-29-16-8-6-5-7-14(16)15-12-18(27)22-21-20(15)13(2)25-26(21)17-9-10-19(28-3)24-23-17/h4-10,15H,1,11-12H2,2-3H3,(H,22,27)/t15-/m0/s1. The highest BCUT2D eigenvalue weighted by Gasteiger charge is 2.34. The second-order valence-electron chi connectivity index (χ2n) is 6.64. The van der Waals surface area contributed by atoms with Crippen LogP contribution in [0.3, 0.4) is 0 Å². The van der Waals surface area contributed by atoms with Crippen LogP contribution in [0.25, 0.3) is 5.82 Å². The molecular weight excluding hydrogens is 370 g/mol. The Morgan fingerprint density at radius 2 is 2.10 bits per heavy atom. The Balaban J connectivity index is 1.81. The molecule has 0 saturated heterocycles. The van der Waals surface area contributed by atoms with Crippen LogP contribution in [-0.2, 0) is 4.79 Å². The number of hydrogen-bond donors (Lipinski definition) is 1. The Labute approximate surface area is 168 Å². The normalized spacial score (nSPS) is 15.4. The molecule has 0 saturated carbocycles. The number of nitrogens with one attached hydrogen (secondary N) is 1. The van der Waals surface area contributed by atoms with Gasteiger partial charge in [0.25, 0.3) is 0 Å². The van der Waals surface area contributed by atoms with Gasteiger partial charge in [0.05, 0.1) is 12.8 Å².